The molecule has 0 aromatic carbocycles. The van der Waals surface area contributed by atoms with E-state index in [-0.39, 0.29) is 0 Å². The molecule has 0 N–H and O–H groups in total. The van der Waals surface area contributed by atoms with Crippen LogP contribution in [0.3, 0.4) is 0 Å². The third-order valence-corrected chi connectivity index (χ3v) is 1.62. The van der Waals surface area contributed by atoms with E-state index in [0.29, 0.717) is 1.93 Å². The standard InChI is InChI=1S/C4H7I3O/c5-1-2-8-3-4(6)7/h4H,1-3H2. The predicted octanol–water partition coefficient (Wildman–Crippen LogP) is 2.63. The van der Waals surface area contributed by atoms with E-state index in [2.05, 4.69) is 67.8 Å². The van der Waals surface area contributed by atoms with E-state index in [4.69, 9.17) is 4.74 Å². The van der Waals surface area contributed by atoms with E-state index < -0.39 is 0 Å². The maximum atomic E-state index is 5.22. The van der Waals surface area contributed by atoms with Crippen LogP contribution in [0, 0.1) is 0 Å². The summed E-state index contributed by atoms with van der Waals surface area (Å²) in [6.45, 7) is 1.77. The van der Waals surface area contributed by atoms with Gasteiger partial charge in [-0.3, -0.25) is 0 Å². The first-order valence-electron chi connectivity index (χ1n) is 2.19. The molecule has 0 aromatic rings. The molecule has 0 heterocycles. The number of hydrogen-bond donors (Lipinski definition) is 0. The van der Waals surface area contributed by atoms with Gasteiger partial charge in [-0.2, -0.15) is 0 Å². The molecule has 1 nitrogen and oxygen atoms in total. The number of hydrogen-bond acceptors (Lipinski definition) is 1. The fourth-order valence-corrected chi connectivity index (χ4v) is 1.05. The first-order valence-corrected chi connectivity index (χ1v) is 6.21. The van der Waals surface area contributed by atoms with Crippen molar-refractivity contribution in [1.82, 2.24) is 0 Å². The SMILES string of the molecule is ICCOCC(I)I. The summed E-state index contributed by atoms with van der Waals surface area (Å²) >= 11 is 6.99. The lowest BCUT2D eigenvalue weighted by Crippen LogP contribution is -2.02. The van der Waals surface area contributed by atoms with Gasteiger partial charge in [-0.05, 0) is 0 Å². The molecule has 0 fully saturated rings. The van der Waals surface area contributed by atoms with Gasteiger partial charge in [0.1, 0.15) is 0 Å². The zero-order valence-electron chi connectivity index (χ0n) is 4.24. The van der Waals surface area contributed by atoms with Crippen LogP contribution in [-0.2, 0) is 4.74 Å². The van der Waals surface area contributed by atoms with Crippen molar-refractivity contribution in [2.45, 2.75) is 1.93 Å². The van der Waals surface area contributed by atoms with Crippen LogP contribution in [0.15, 0.2) is 0 Å². The van der Waals surface area contributed by atoms with E-state index in [1.165, 1.54) is 0 Å². The molecule has 0 aliphatic rings. The molecule has 0 unspecified atom stereocenters. The minimum Gasteiger partial charge on any atom is -0.379 e. The van der Waals surface area contributed by atoms with Gasteiger partial charge in [0.25, 0.3) is 0 Å². The van der Waals surface area contributed by atoms with Crippen molar-refractivity contribution >= 4 is 67.8 Å². The molecular weight excluding hydrogens is 445 g/mol. The molecule has 50 valence electrons. The highest BCUT2D eigenvalue weighted by Crippen LogP contribution is 2.08. The minimum atomic E-state index is 0.619. The molecule has 0 aliphatic carbocycles. The summed E-state index contributed by atoms with van der Waals surface area (Å²) in [7, 11) is 0. The van der Waals surface area contributed by atoms with Gasteiger partial charge in [0, 0.05) is 4.43 Å². The molecule has 0 saturated heterocycles. The highest BCUT2D eigenvalue weighted by Gasteiger charge is 1.94. The summed E-state index contributed by atoms with van der Waals surface area (Å²) in [5.41, 5.74) is 0. The average Bonchev–Trinajstić information content (AvgIpc) is 1.66. The van der Waals surface area contributed by atoms with Gasteiger partial charge in [0.15, 0.2) is 0 Å². The molecule has 0 amide bonds. The van der Waals surface area contributed by atoms with E-state index in [1.54, 1.807) is 0 Å². The molecule has 0 radical (unpaired) electrons. The molecule has 0 rings (SSSR count). The number of halogens is 3. The highest BCUT2D eigenvalue weighted by atomic mass is 127. The predicted molar refractivity (Wildman–Crippen MR) is 61.5 cm³/mol. The molecule has 4 heteroatoms. The van der Waals surface area contributed by atoms with Gasteiger partial charge in [-0.15, -0.1) is 0 Å². The molecule has 0 aliphatic heterocycles. The maximum absolute atomic E-state index is 5.22. The Labute approximate surface area is 90.7 Å². The van der Waals surface area contributed by atoms with Crippen LogP contribution < -0.4 is 0 Å². The monoisotopic (exact) mass is 452 g/mol. The van der Waals surface area contributed by atoms with Crippen LogP contribution in [0.25, 0.3) is 0 Å². The number of alkyl halides is 3. The summed E-state index contributed by atoms with van der Waals surface area (Å²) in [6, 6.07) is 0. The lowest BCUT2D eigenvalue weighted by atomic mass is 10.8. The summed E-state index contributed by atoms with van der Waals surface area (Å²) < 4.78 is 6.94. The fourth-order valence-electron chi connectivity index (χ4n) is 0.227. The van der Waals surface area contributed by atoms with Gasteiger partial charge in [0.05, 0.1) is 15.1 Å². The summed E-state index contributed by atoms with van der Waals surface area (Å²) in [5.74, 6) is 0. The second kappa shape index (κ2) is 7.26. The minimum absolute atomic E-state index is 0.619. The van der Waals surface area contributed by atoms with Crippen molar-refractivity contribution in [3.05, 3.63) is 0 Å². The molecule has 8 heavy (non-hydrogen) atoms. The Balaban J connectivity index is 2.72. The summed E-state index contributed by atoms with van der Waals surface area (Å²) in [6.07, 6.45) is 0. The molecule has 0 spiro atoms. The van der Waals surface area contributed by atoms with E-state index in [9.17, 15) is 0 Å². The Morgan fingerprint density at radius 3 is 2.38 bits per heavy atom. The molecular formula is C4H7I3O. The molecule has 0 aromatic heterocycles. The van der Waals surface area contributed by atoms with Crippen LogP contribution >= 0.6 is 67.8 Å². The van der Waals surface area contributed by atoms with Crippen molar-refractivity contribution in [3.8, 4) is 0 Å². The quantitative estimate of drug-likeness (QED) is 0.363. The Hall–Kier alpha value is 2.15. The Morgan fingerprint density at radius 1 is 1.38 bits per heavy atom. The fraction of sp³-hybridized carbons (Fsp3) is 1.00. The third-order valence-electron chi connectivity index (χ3n) is 0.465. The largest absolute Gasteiger partial charge is 0.379 e. The zero-order chi connectivity index (χ0) is 6.41. The number of rotatable bonds is 4. The smallest absolute Gasteiger partial charge is 0.0859 e. The van der Waals surface area contributed by atoms with Gasteiger partial charge in [-0.1, -0.05) is 67.8 Å². The second-order valence-corrected chi connectivity index (χ2v) is 7.62. The van der Waals surface area contributed by atoms with Gasteiger partial charge < -0.3 is 4.74 Å². The van der Waals surface area contributed by atoms with E-state index in [1.807, 2.05) is 0 Å². The lowest BCUT2D eigenvalue weighted by Gasteiger charge is -2.00. The van der Waals surface area contributed by atoms with Crippen molar-refractivity contribution in [2.24, 2.45) is 0 Å². The third kappa shape index (κ3) is 8.15. The molecule has 0 atom stereocenters. The second-order valence-electron chi connectivity index (χ2n) is 1.15. The first kappa shape index (κ1) is 10.2. The molecule has 0 bridgehead atoms. The first-order chi connectivity index (χ1) is 3.77. The van der Waals surface area contributed by atoms with Gasteiger partial charge >= 0.3 is 0 Å². The normalized spacial score (nSPS) is 10.5. The Morgan fingerprint density at radius 2 is 2.00 bits per heavy atom. The Bertz CT molecular complexity index is 48.5. The van der Waals surface area contributed by atoms with Gasteiger partial charge in [0.2, 0.25) is 0 Å². The summed E-state index contributed by atoms with van der Waals surface area (Å²) in [5, 5.41) is 0. The topological polar surface area (TPSA) is 9.23 Å². The van der Waals surface area contributed by atoms with Crippen LogP contribution in [-0.4, -0.2) is 19.6 Å². The van der Waals surface area contributed by atoms with Crippen molar-refractivity contribution < 1.29 is 4.74 Å². The van der Waals surface area contributed by atoms with E-state index >= 15 is 0 Å². The van der Waals surface area contributed by atoms with Crippen LogP contribution in [0.1, 0.15) is 0 Å². The van der Waals surface area contributed by atoms with Crippen LogP contribution in [0.2, 0.25) is 0 Å². The van der Waals surface area contributed by atoms with Crippen LogP contribution in [0.5, 0.6) is 0 Å². The lowest BCUT2D eigenvalue weighted by molar-refractivity contribution is 0.168. The van der Waals surface area contributed by atoms with Crippen molar-refractivity contribution in [1.29, 1.82) is 0 Å². The average molecular weight is 452 g/mol. The van der Waals surface area contributed by atoms with Crippen LogP contribution in [0.4, 0.5) is 0 Å². The number of ether oxygens (including phenoxy) is 1. The Kier molecular flexibility index (Phi) is 9.21. The summed E-state index contributed by atoms with van der Waals surface area (Å²) in [4.78, 5) is 0. The van der Waals surface area contributed by atoms with E-state index in [0.717, 1.165) is 17.6 Å². The zero-order valence-corrected chi connectivity index (χ0v) is 10.7. The van der Waals surface area contributed by atoms with Gasteiger partial charge in [-0.25, -0.2) is 0 Å². The van der Waals surface area contributed by atoms with Crippen molar-refractivity contribution in [2.75, 3.05) is 17.6 Å². The molecule has 0 saturated carbocycles. The maximum Gasteiger partial charge on any atom is 0.0859 e. The van der Waals surface area contributed by atoms with Crippen molar-refractivity contribution in [3.63, 3.8) is 0 Å². The highest BCUT2D eigenvalue weighted by molar-refractivity contribution is 14.2.